The summed E-state index contributed by atoms with van der Waals surface area (Å²) in [6.07, 6.45) is 2.86. The number of hydrogen-bond acceptors (Lipinski definition) is 2. The molecule has 0 aromatic heterocycles. The van der Waals surface area contributed by atoms with Crippen LogP contribution in [0.1, 0.15) is 54.4 Å². The number of rotatable bonds is 5. The van der Waals surface area contributed by atoms with Gasteiger partial charge < -0.3 is 14.6 Å². The van der Waals surface area contributed by atoms with Crippen LogP contribution >= 0.6 is 9.90 Å². The lowest BCUT2D eigenvalue weighted by molar-refractivity contribution is -0.154. The van der Waals surface area contributed by atoms with Gasteiger partial charge in [0.05, 0.1) is 12.0 Å². The molecule has 0 aliphatic rings. The van der Waals surface area contributed by atoms with Crippen molar-refractivity contribution in [2.24, 2.45) is 5.41 Å². The summed E-state index contributed by atoms with van der Waals surface area (Å²) in [4.78, 5) is 11.3. The Morgan fingerprint density at radius 1 is 1.29 bits per heavy atom. The first-order valence-electron chi connectivity index (χ1n) is 4.71. The van der Waals surface area contributed by atoms with E-state index in [1.54, 1.807) is 0 Å². The van der Waals surface area contributed by atoms with Crippen LogP contribution in [0.4, 0.5) is 0 Å². The smallest absolute Gasteiger partial charge is 0.311 e. The topological polar surface area (TPSA) is 26.3 Å². The van der Waals surface area contributed by atoms with Crippen LogP contribution < -0.4 is 0 Å². The summed E-state index contributed by atoms with van der Waals surface area (Å²) >= 11 is 0. The normalized spacial score (nSPS) is 9.71. The fourth-order valence-corrected chi connectivity index (χ4v) is 0.649. The van der Waals surface area contributed by atoms with Crippen molar-refractivity contribution in [2.45, 2.75) is 54.4 Å². The van der Waals surface area contributed by atoms with E-state index in [1.165, 1.54) is 0 Å². The summed E-state index contributed by atoms with van der Waals surface area (Å²) in [6.45, 7) is 8.49. The molecule has 88 valence electrons. The Morgan fingerprint density at radius 2 is 1.79 bits per heavy atom. The SMILES string of the molecule is C.CCCCOC(=O)C(C)(C)CC.[P-3]. The number of ether oxygens (including phenoxy) is 1. The molecule has 0 rings (SSSR count). The molecule has 2 nitrogen and oxygen atoms in total. The molecule has 0 amide bonds. The highest BCUT2D eigenvalue weighted by Gasteiger charge is 2.26. The minimum absolute atomic E-state index is 0. The molecule has 0 aromatic carbocycles. The molecule has 3 heteroatoms. The van der Waals surface area contributed by atoms with E-state index in [1.807, 2.05) is 20.8 Å². The molecule has 0 N–H and O–H groups in total. The number of hydrogen-bond donors (Lipinski definition) is 0. The lowest BCUT2D eigenvalue weighted by Crippen LogP contribution is -2.26. The third-order valence-corrected chi connectivity index (χ3v) is 2.17. The van der Waals surface area contributed by atoms with Gasteiger partial charge in [0.15, 0.2) is 0 Å². The number of carbonyl (C=O) groups excluding carboxylic acids is 1. The Labute approximate surface area is 92.4 Å². The summed E-state index contributed by atoms with van der Waals surface area (Å²) in [6, 6.07) is 0. The lowest BCUT2D eigenvalue weighted by Gasteiger charge is -3.00. The van der Waals surface area contributed by atoms with Gasteiger partial charge in [-0.05, 0) is 26.7 Å². The van der Waals surface area contributed by atoms with E-state index in [2.05, 4.69) is 6.92 Å². The van der Waals surface area contributed by atoms with Crippen molar-refractivity contribution >= 4 is 15.9 Å². The number of esters is 1. The summed E-state index contributed by atoms with van der Waals surface area (Å²) in [5.41, 5.74) is -0.312. The van der Waals surface area contributed by atoms with Gasteiger partial charge in [0, 0.05) is 0 Å². The van der Waals surface area contributed by atoms with Gasteiger partial charge in [-0.3, -0.25) is 4.79 Å². The molecule has 14 heavy (non-hydrogen) atoms. The molecule has 0 aliphatic heterocycles. The van der Waals surface area contributed by atoms with Crippen LogP contribution in [0.15, 0.2) is 0 Å². The summed E-state index contributed by atoms with van der Waals surface area (Å²) in [5.74, 6) is -0.0709. The Morgan fingerprint density at radius 3 is 2.14 bits per heavy atom. The van der Waals surface area contributed by atoms with Crippen molar-refractivity contribution < 1.29 is 9.53 Å². The van der Waals surface area contributed by atoms with Crippen LogP contribution in [-0.4, -0.2) is 12.6 Å². The maximum absolute atomic E-state index is 11.3. The molecule has 0 unspecified atom stereocenters. The average molecular weight is 219 g/mol. The van der Waals surface area contributed by atoms with Gasteiger partial charge in [0.2, 0.25) is 0 Å². The molecule has 0 fully saturated rings. The Bertz CT molecular complexity index is 144. The molecule has 0 aliphatic carbocycles. The predicted octanol–water partition coefficient (Wildman–Crippen LogP) is 4.26. The maximum Gasteiger partial charge on any atom is 0.311 e. The van der Waals surface area contributed by atoms with E-state index in [9.17, 15) is 4.79 Å². The summed E-state index contributed by atoms with van der Waals surface area (Å²) in [7, 11) is 0. The second-order valence-corrected chi connectivity index (χ2v) is 3.73. The molecule has 0 bridgehead atoms. The molecule has 0 radical (unpaired) electrons. The van der Waals surface area contributed by atoms with Crippen molar-refractivity contribution in [1.29, 1.82) is 0 Å². The Balaban J connectivity index is -0.000000605. The largest absolute Gasteiger partial charge is 3.00 e. The van der Waals surface area contributed by atoms with Crippen molar-refractivity contribution in [3.8, 4) is 0 Å². The van der Waals surface area contributed by atoms with E-state index < -0.39 is 0 Å². The van der Waals surface area contributed by atoms with Crippen molar-refractivity contribution in [3.63, 3.8) is 0 Å². The Kier molecular flexibility index (Phi) is 13.1. The van der Waals surface area contributed by atoms with Crippen molar-refractivity contribution in [3.05, 3.63) is 0 Å². The van der Waals surface area contributed by atoms with Gasteiger partial charge in [-0.2, -0.15) is 0 Å². The minimum Gasteiger partial charge on any atom is -3.00 e. The van der Waals surface area contributed by atoms with Crippen molar-refractivity contribution in [1.82, 2.24) is 0 Å². The van der Waals surface area contributed by atoms with E-state index >= 15 is 0 Å². The maximum atomic E-state index is 11.3. The van der Waals surface area contributed by atoms with Crippen LogP contribution in [0, 0.1) is 5.41 Å². The highest BCUT2D eigenvalue weighted by Crippen LogP contribution is 2.21. The van der Waals surface area contributed by atoms with Crippen LogP contribution in [-0.2, 0) is 9.53 Å². The third kappa shape index (κ3) is 7.32. The zero-order valence-corrected chi connectivity index (χ0v) is 9.99. The van der Waals surface area contributed by atoms with Gasteiger partial charge >= 0.3 is 5.97 Å². The van der Waals surface area contributed by atoms with E-state index in [-0.39, 0.29) is 28.7 Å². The van der Waals surface area contributed by atoms with E-state index in [0.717, 1.165) is 19.3 Å². The first kappa shape index (κ1) is 19.5. The number of unbranched alkanes of at least 4 members (excludes halogenated alkanes) is 1. The van der Waals surface area contributed by atoms with Crippen LogP contribution in [0.5, 0.6) is 0 Å². The summed E-state index contributed by atoms with van der Waals surface area (Å²) in [5, 5.41) is 0. The highest BCUT2D eigenvalue weighted by atomic mass is 31.0. The third-order valence-electron chi connectivity index (χ3n) is 2.17. The van der Waals surface area contributed by atoms with Gasteiger partial charge in [-0.25, -0.2) is 0 Å². The quantitative estimate of drug-likeness (QED) is 0.392. The lowest BCUT2D eigenvalue weighted by atomic mass is 9.91. The zero-order chi connectivity index (χ0) is 9.61. The van der Waals surface area contributed by atoms with Gasteiger partial charge in [-0.15, -0.1) is 0 Å². The minimum atomic E-state index is -0.312. The van der Waals surface area contributed by atoms with Crippen LogP contribution in [0.3, 0.4) is 0 Å². The average Bonchev–Trinajstić information content (AvgIpc) is 2.05. The second kappa shape index (κ2) is 9.45. The molecular weight excluding hydrogens is 195 g/mol. The van der Waals surface area contributed by atoms with Gasteiger partial charge in [0.25, 0.3) is 0 Å². The fourth-order valence-electron chi connectivity index (χ4n) is 0.649. The molecule has 0 atom stereocenters. The van der Waals surface area contributed by atoms with Crippen LogP contribution in [0.2, 0.25) is 0 Å². The predicted molar refractivity (Wildman–Crippen MR) is 63.6 cm³/mol. The molecular formula is C11H24O2P-3. The van der Waals surface area contributed by atoms with Crippen LogP contribution in [0.25, 0.3) is 0 Å². The van der Waals surface area contributed by atoms with Crippen molar-refractivity contribution in [2.75, 3.05) is 6.61 Å². The molecule has 0 spiro atoms. The first-order chi connectivity index (χ1) is 5.54. The van der Waals surface area contributed by atoms with Gasteiger partial charge in [-0.1, -0.05) is 27.7 Å². The standard InChI is InChI=1S/C10H20O2.CH4.P/c1-5-7-8-12-9(11)10(3,4)6-2;;/h5-8H2,1-4H3;1H4;/q;;-3. The van der Waals surface area contributed by atoms with E-state index in [4.69, 9.17) is 4.74 Å². The zero-order valence-electron chi connectivity index (χ0n) is 9.09. The Hall–Kier alpha value is -0.100. The number of carbonyl (C=O) groups is 1. The fraction of sp³-hybridized carbons (Fsp3) is 0.909. The molecule has 0 saturated carbocycles. The summed E-state index contributed by atoms with van der Waals surface area (Å²) < 4.78 is 5.10. The molecule has 0 aromatic rings. The molecule has 0 heterocycles. The monoisotopic (exact) mass is 219 g/mol. The highest BCUT2D eigenvalue weighted by molar-refractivity contribution is 6.92. The van der Waals surface area contributed by atoms with Gasteiger partial charge in [0.1, 0.15) is 0 Å². The van der Waals surface area contributed by atoms with E-state index in [0.29, 0.717) is 6.61 Å². The second-order valence-electron chi connectivity index (χ2n) is 3.73. The molecule has 0 saturated heterocycles. The first-order valence-corrected chi connectivity index (χ1v) is 4.71.